The van der Waals surface area contributed by atoms with Crippen molar-refractivity contribution < 1.29 is 4.74 Å². The van der Waals surface area contributed by atoms with Crippen molar-refractivity contribution in [2.45, 2.75) is 13.1 Å². The summed E-state index contributed by atoms with van der Waals surface area (Å²) in [4.78, 5) is 4.38. The number of nitrogens with zero attached hydrogens (tertiary/aromatic N) is 2. The Morgan fingerprint density at radius 2 is 2.24 bits per heavy atom. The highest BCUT2D eigenvalue weighted by Crippen LogP contribution is 2.22. The van der Waals surface area contributed by atoms with Gasteiger partial charge in [0, 0.05) is 42.7 Å². The van der Waals surface area contributed by atoms with Crippen LogP contribution in [0.2, 0.25) is 0 Å². The maximum absolute atomic E-state index is 5.07. The molecule has 4 nitrogen and oxygen atoms in total. The van der Waals surface area contributed by atoms with Crippen LogP contribution in [0.25, 0.3) is 10.9 Å². The van der Waals surface area contributed by atoms with Crippen LogP contribution in [0.15, 0.2) is 41.4 Å². The van der Waals surface area contributed by atoms with Gasteiger partial charge in [-0.2, -0.15) is 0 Å². The number of nitrogens with one attached hydrogen (secondary N) is 1. The highest BCUT2D eigenvalue weighted by atomic mass is 32.1. The topological polar surface area (TPSA) is 39.1 Å². The monoisotopic (exact) mass is 301 g/mol. The van der Waals surface area contributed by atoms with Crippen molar-refractivity contribution in [3.8, 4) is 0 Å². The lowest BCUT2D eigenvalue weighted by Gasteiger charge is -2.02. The van der Waals surface area contributed by atoms with Crippen LogP contribution in [0, 0.1) is 0 Å². The molecule has 2 heterocycles. The molecule has 5 heteroatoms. The molecular weight excluding hydrogens is 282 g/mol. The van der Waals surface area contributed by atoms with Gasteiger partial charge in [0.2, 0.25) is 0 Å². The Hall–Kier alpha value is -1.69. The minimum absolute atomic E-state index is 0.734. The highest BCUT2D eigenvalue weighted by Gasteiger charge is 2.08. The second kappa shape index (κ2) is 6.85. The van der Waals surface area contributed by atoms with Crippen molar-refractivity contribution in [2.75, 3.05) is 20.3 Å². The number of methoxy groups -OCH3 is 1. The van der Waals surface area contributed by atoms with Crippen molar-refractivity contribution in [2.24, 2.45) is 0 Å². The Morgan fingerprint density at radius 1 is 1.33 bits per heavy atom. The van der Waals surface area contributed by atoms with Gasteiger partial charge >= 0.3 is 0 Å². The van der Waals surface area contributed by atoms with E-state index in [0.717, 1.165) is 31.9 Å². The molecule has 2 aromatic heterocycles. The maximum Gasteiger partial charge on any atom is 0.0795 e. The molecule has 0 aliphatic carbocycles. The Morgan fingerprint density at radius 3 is 3.05 bits per heavy atom. The molecule has 0 spiro atoms. The second-order valence-electron chi connectivity index (χ2n) is 4.95. The zero-order valence-corrected chi connectivity index (χ0v) is 12.9. The Labute approximate surface area is 128 Å². The summed E-state index contributed by atoms with van der Waals surface area (Å²) in [5.41, 5.74) is 5.57. The fourth-order valence-electron chi connectivity index (χ4n) is 2.48. The predicted molar refractivity (Wildman–Crippen MR) is 86.7 cm³/mol. The van der Waals surface area contributed by atoms with Crippen LogP contribution < -0.4 is 5.32 Å². The van der Waals surface area contributed by atoms with Gasteiger partial charge in [-0.3, -0.25) is 0 Å². The van der Waals surface area contributed by atoms with Gasteiger partial charge in [0.05, 0.1) is 24.4 Å². The van der Waals surface area contributed by atoms with Crippen LogP contribution in [-0.2, 0) is 17.8 Å². The summed E-state index contributed by atoms with van der Waals surface area (Å²) in [6.45, 7) is 3.27. The van der Waals surface area contributed by atoms with Crippen LogP contribution in [0.3, 0.4) is 0 Å². The van der Waals surface area contributed by atoms with E-state index in [1.807, 2.05) is 5.51 Å². The summed E-state index contributed by atoms with van der Waals surface area (Å²) in [5, 5.41) is 6.82. The van der Waals surface area contributed by atoms with E-state index in [9.17, 15) is 0 Å². The summed E-state index contributed by atoms with van der Waals surface area (Å²) in [5.74, 6) is 0. The lowest BCUT2D eigenvalue weighted by molar-refractivity contribution is 0.199. The van der Waals surface area contributed by atoms with Crippen molar-refractivity contribution in [3.05, 3.63) is 52.6 Å². The zero-order valence-electron chi connectivity index (χ0n) is 12.1. The molecule has 0 unspecified atom stereocenters. The molecule has 0 bridgehead atoms. The molecular formula is C16H19N3OS. The SMILES string of the molecule is COCCNCc1cn(Cc2cscn2)c2ccccc12. The quantitative estimate of drug-likeness (QED) is 0.682. The Balaban J connectivity index is 1.83. The molecule has 0 atom stereocenters. The Kier molecular flexibility index (Phi) is 4.65. The van der Waals surface area contributed by atoms with Crippen LogP contribution >= 0.6 is 11.3 Å². The molecule has 0 fully saturated rings. The number of hydrogen-bond donors (Lipinski definition) is 1. The lowest BCUT2D eigenvalue weighted by Crippen LogP contribution is -2.18. The minimum Gasteiger partial charge on any atom is -0.383 e. The molecule has 0 aliphatic rings. The number of benzene rings is 1. The number of para-hydroxylation sites is 1. The smallest absolute Gasteiger partial charge is 0.0795 e. The first-order valence-corrected chi connectivity index (χ1v) is 7.96. The molecule has 110 valence electrons. The molecule has 3 aromatic rings. The average molecular weight is 301 g/mol. The fourth-order valence-corrected chi connectivity index (χ4v) is 3.03. The standard InChI is InChI=1S/C16H19N3OS/c1-20-7-6-17-8-13-9-19(10-14-11-21-12-18-14)16-5-3-2-4-15(13)16/h2-5,9,11-12,17H,6-8,10H2,1H3. The molecule has 1 N–H and O–H groups in total. The summed E-state index contributed by atoms with van der Waals surface area (Å²) in [6.07, 6.45) is 2.23. The van der Waals surface area contributed by atoms with Crippen LogP contribution in [0.4, 0.5) is 0 Å². The van der Waals surface area contributed by atoms with Gasteiger partial charge in [0.25, 0.3) is 0 Å². The normalized spacial score (nSPS) is 11.3. The highest BCUT2D eigenvalue weighted by molar-refractivity contribution is 7.07. The number of fused-ring (bicyclic) bond motifs is 1. The van der Waals surface area contributed by atoms with Crippen molar-refractivity contribution >= 4 is 22.2 Å². The van der Waals surface area contributed by atoms with Crippen LogP contribution in [-0.4, -0.2) is 29.8 Å². The first kappa shape index (κ1) is 14.3. The van der Waals surface area contributed by atoms with Gasteiger partial charge in [0.15, 0.2) is 0 Å². The zero-order chi connectivity index (χ0) is 14.5. The third-order valence-electron chi connectivity index (χ3n) is 3.49. The van der Waals surface area contributed by atoms with E-state index in [1.54, 1.807) is 18.4 Å². The van der Waals surface area contributed by atoms with Crippen molar-refractivity contribution in [1.29, 1.82) is 0 Å². The number of hydrogen-bond acceptors (Lipinski definition) is 4. The van der Waals surface area contributed by atoms with E-state index in [-0.39, 0.29) is 0 Å². The van der Waals surface area contributed by atoms with E-state index >= 15 is 0 Å². The Bertz CT molecular complexity index is 691. The maximum atomic E-state index is 5.07. The van der Waals surface area contributed by atoms with Gasteiger partial charge in [0.1, 0.15) is 0 Å². The first-order valence-electron chi connectivity index (χ1n) is 7.02. The van der Waals surface area contributed by atoms with Gasteiger partial charge in [-0.1, -0.05) is 18.2 Å². The summed E-state index contributed by atoms with van der Waals surface area (Å²) in [7, 11) is 1.72. The molecule has 0 radical (unpaired) electrons. The summed E-state index contributed by atoms with van der Waals surface area (Å²) in [6, 6.07) is 8.52. The number of ether oxygens (including phenoxy) is 1. The third-order valence-corrected chi connectivity index (χ3v) is 4.12. The molecule has 1 aromatic carbocycles. The molecule has 0 saturated heterocycles. The van der Waals surface area contributed by atoms with Gasteiger partial charge in [-0.05, 0) is 11.6 Å². The van der Waals surface area contributed by atoms with Gasteiger partial charge < -0.3 is 14.6 Å². The minimum atomic E-state index is 0.734. The first-order chi connectivity index (χ1) is 10.4. The van der Waals surface area contributed by atoms with Gasteiger partial charge in [-0.25, -0.2) is 4.98 Å². The molecule has 3 rings (SSSR count). The third kappa shape index (κ3) is 3.32. The fraction of sp³-hybridized carbons (Fsp3) is 0.312. The van der Waals surface area contributed by atoms with E-state index in [1.165, 1.54) is 16.5 Å². The largest absolute Gasteiger partial charge is 0.383 e. The number of aromatic nitrogens is 2. The van der Waals surface area contributed by atoms with Gasteiger partial charge in [-0.15, -0.1) is 11.3 Å². The average Bonchev–Trinajstić information content (AvgIpc) is 3.13. The van der Waals surface area contributed by atoms with Crippen molar-refractivity contribution in [3.63, 3.8) is 0 Å². The molecule has 0 amide bonds. The summed E-state index contributed by atoms with van der Waals surface area (Å²) < 4.78 is 7.34. The van der Waals surface area contributed by atoms with E-state index in [0.29, 0.717) is 0 Å². The number of thiazole rings is 1. The van der Waals surface area contributed by atoms with Crippen LogP contribution in [0.1, 0.15) is 11.3 Å². The van der Waals surface area contributed by atoms with E-state index < -0.39 is 0 Å². The molecule has 21 heavy (non-hydrogen) atoms. The second-order valence-corrected chi connectivity index (χ2v) is 5.67. The lowest BCUT2D eigenvalue weighted by atomic mass is 10.2. The van der Waals surface area contributed by atoms with Crippen molar-refractivity contribution in [1.82, 2.24) is 14.9 Å². The molecule has 0 saturated carbocycles. The van der Waals surface area contributed by atoms with Crippen LogP contribution in [0.5, 0.6) is 0 Å². The summed E-state index contributed by atoms with van der Waals surface area (Å²) >= 11 is 1.64. The van der Waals surface area contributed by atoms with E-state index in [2.05, 4.69) is 50.7 Å². The number of rotatable bonds is 7. The predicted octanol–water partition coefficient (Wildman–Crippen LogP) is 2.88. The molecule has 0 aliphatic heterocycles. The van der Waals surface area contributed by atoms with E-state index in [4.69, 9.17) is 4.74 Å².